The first kappa shape index (κ1) is 25.8. The number of rotatable bonds is 12. The Balaban J connectivity index is 1.60. The van der Waals surface area contributed by atoms with Gasteiger partial charge in [0.25, 0.3) is 5.91 Å². The van der Waals surface area contributed by atoms with E-state index in [1.165, 1.54) is 22.2 Å². The van der Waals surface area contributed by atoms with Gasteiger partial charge < -0.3 is 14.2 Å². The third-order valence-corrected chi connectivity index (χ3v) is 6.80. The molecule has 34 heavy (non-hydrogen) atoms. The highest BCUT2D eigenvalue weighted by atomic mass is 32.2. The minimum Gasteiger partial charge on any atom is -0.490 e. The standard InChI is InChI=1S/C27H31NO4S2/c1-5-14-28-26(29)25(34-27(28)33)18-20-8-13-23(24(17-20)30-7-3)32-16-15-31-22-11-9-21(10-12-22)19(4)6-2/h5,8-13,17-19H,1,6-7,14-16H2,2-4H3/b25-18-/t19-/m0/s1. The maximum Gasteiger partial charge on any atom is 0.266 e. The highest BCUT2D eigenvalue weighted by molar-refractivity contribution is 8.26. The predicted octanol–water partition coefficient (Wildman–Crippen LogP) is 6.44. The Hall–Kier alpha value is -2.77. The molecule has 2 aromatic rings. The van der Waals surface area contributed by atoms with Crippen LogP contribution in [0.3, 0.4) is 0 Å². The quantitative estimate of drug-likeness (QED) is 0.145. The van der Waals surface area contributed by atoms with Gasteiger partial charge >= 0.3 is 0 Å². The Bertz CT molecular complexity index is 1050. The van der Waals surface area contributed by atoms with Gasteiger partial charge in [0.1, 0.15) is 23.3 Å². The number of thioether (sulfide) groups is 1. The molecule has 2 aromatic carbocycles. The Morgan fingerprint density at radius 1 is 1.06 bits per heavy atom. The summed E-state index contributed by atoms with van der Waals surface area (Å²) in [6.45, 7) is 11.7. The fraction of sp³-hybridized carbons (Fsp3) is 0.333. The van der Waals surface area contributed by atoms with Crippen molar-refractivity contribution in [2.24, 2.45) is 0 Å². The van der Waals surface area contributed by atoms with E-state index in [2.05, 4.69) is 32.6 Å². The lowest BCUT2D eigenvalue weighted by Gasteiger charge is -2.14. The molecule has 180 valence electrons. The molecule has 0 aliphatic carbocycles. The molecule has 1 saturated heterocycles. The lowest BCUT2D eigenvalue weighted by Crippen LogP contribution is -2.27. The van der Waals surface area contributed by atoms with Crippen LogP contribution >= 0.6 is 24.0 Å². The molecule has 1 heterocycles. The number of ether oxygens (including phenoxy) is 3. The molecule has 0 N–H and O–H groups in total. The first-order chi connectivity index (χ1) is 16.5. The molecule has 0 radical (unpaired) electrons. The number of benzene rings is 2. The second kappa shape index (κ2) is 12.6. The zero-order valence-corrected chi connectivity index (χ0v) is 21.5. The summed E-state index contributed by atoms with van der Waals surface area (Å²) in [6, 6.07) is 13.8. The van der Waals surface area contributed by atoms with E-state index >= 15 is 0 Å². The molecular weight excluding hydrogens is 466 g/mol. The first-order valence-electron chi connectivity index (χ1n) is 11.5. The molecule has 0 aromatic heterocycles. The molecule has 0 saturated carbocycles. The maximum atomic E-state index is 12.6. The summed E-state index contributed by atoms with van der Waals surface area (Å²) in [5.41, 5.74) is 2.16. The summed E-state index contributed by atoms with van der Waals surface area (Å²) in [5, 5.41) is 0. The summed E-state index contributed by atoms with van der Waals surface area (Å²) in [6.07, 6.45) is 4.60. The molecule has 0 bridgehead atoms. The highest BCUT2D eigenvalue weighted by Gasteiger charge is 2.31. The van der Waals surface area contributed by atoms with Crippen molar-refractivity contribution in [1.29, 1.82) is 0 Å². The Morgan fingerprint density at radius 2 is 1.79 bits per heavy atom. The molecule has 3 rings (SSSR count). The molecule has 5 nitrogen and oxygen atoms in total. The molecule has 1 atom stereocenters. The number of carbonyl (C=O) groups excluding carboxylic acids is 1. The van der Waals surface area contributed by atoms with Gasteiger partial charge in [0.05, 0.1) is 11.5 Å². The van der Waals surface area contributed by atoms with E-state index in [-0.39, 0.29) is 5.91 Å². The average molecular weight is 498 g/mol. The number of thiocarbonyl (C=S) groups is 1. The van der Waals surface area contributed by atoms with Crippen molar-refractivity contribution in [3.63, 3.8) is 0 Å². The molecule has 0 spiro atoms. The van der Waals surface area contributed by atoms with Gasteiger partial charge in [-0.1, -0.05) is 62.1 Å². The van der Waals surface area contributed by atoms with Crippen LogP contribution in [0, 0.1) is 0 Å². The molecule has 1 amide bonds. The Kier molecular flexibility index (Phi) is 9.60. The van der Waals surface area contributed by atoms with E-state index in [1.807, 2.05) is 43.3 Å². The fourth-order valence-corrected chi connectivity index (χ4v) is 4.65. The van der Waals surface area contributed by atoms with Crippen molar-refractivity contribution < 1.29 is 19.0 Å². The second-order valence-electron chi connectivity index (χ2n) is 7.80. The van der Waals surface area contributed by atoms with Crippen molar-refractivity contribution in [3.05, 3.63) is 71.2 Å². The number of nitrogens with zero attached hydrogens (tertiary/aromatic N) is 1. The molecule has 1 aliphatic rings. The summed E-state index contributed by atoms with van der Waals surface area (Å²) >= 11 is 6.60. The number of hydrogen-bond donors (Lipinski definition) is 0. The van der Waals surface area contributed by atoms with Crippen LogP contribution in [-0.2, 0) is 4.79 Å². The van der Waals surface area contributed by atoms with Crippen LogP contribution in [0.4, 0.5) is 0 Å². The third-order valence-electron chi connectivity index (χ3n) is 5.42. The third kappa shape index (κ3) is 6.64. The summed E-state index contributed by atoms with van der Waals surface area (Å²) in [4.78, 5) is 14.7. The molecule has 7 heteroatoms. The van der Waals surface area contributed by atoms with Gasteiger partial charge in [-0.25, -0.2) is 0 Å². The average Bonchev–Trinajstić information content (AvgIpc) is 3.10. The van der Waals surface area contributed by atoms with Crippen LogP contribution in [0.15, 0.2) is 60.0 Å². The van der Waals surface area contributed by atoms with E-state index in [1.54, 1.807) is 6.08 Å². The van der Waals surface area contributed by atoms with Gasteiger partial charge in [0.2, 0.25) is 0 Å². The van der Waals surface area contributed by atoms with E-state index in [9.17, 15) is 4.79 Å². The van der Waals surface area contributed by atoms with E-state index in [4.69, 9.17) is 26.4 Å². The van der Waals surface area contributed by atoms with Crippen molar-refractivity contribution >= 4 is 40.3 Å². The highest BCUT2D eigenvalue weighted by Crippen LogP contribution is 2.35. The SMILES string of the molecule is C=CCN1C(=O)/C(=C/c2ccc(OCCOc3ccc([C@@H](C)CC)cc3)c(OCC)c2)SC1=S. The van der Waals surface area contributed by atoms with Gasteiger partial charge in [-0.2, -0.15) is 0 Å². The van der Waals surface area contributed by atoms with Crippen molar-refractivity contribution in [2.75, 3.05) is 26.4 Å². The van der Waals surface area contributed by atoms with Gasteiger partial charge in [-0.3, -0.25) is 9.69 Å². The molecule has 1 aliphatic heterocycles. The number of carbonyl (C=O) groups is 1. The first-order valence-corrected chi connectivity index (χ1v) is 12.7. The smallest absolute Gasteiger partial charge is 0.266 e. The zero-order chi connectivity index (χ0) is 24.5. The van der Waals surface area contributed by atoms with Gasteiger partial charge in [-0.05, 0) is 60.7 Å². The van der Waals surface area contributed by atoms with Crippen molar-refractivity contribution in [2.45, 2.75) is 33.1 Å². The number of amides is 1. The molecule has 0 unspecified atom stereocenters. The van der Waals surface area contributed by atoms with E-state index in [0.29, 0.717) is 53.0 Å². The van der Waals surface area contributed by atoms with Crippen LogP contribution in [0.25, 0.3) is 6.08 Å². The van der Waals surface area contributed by atoms with E-state index in [0.717, 1.165) is 17.7 Å². The van der Waals surface area contributed by atoms with E-state index < -0.39 is 0 Å². The topological polar surface area (TPSA) is 48.0 Å². The largest absolute Gasteiger partial charge is 0.490 e. The summed E-state index contributed by atoms with van der Waals surface area (Å²) < 4.78 is 18.1. The van der Waals surface area contributed by atoms with Crippen molar-refractivity contribution in [3.8, 4) is 17.2 Å². The minimum absolute atomic E-state index is 0.109. The minimum atomic E-state index is -0.109. The van der Waals surface area contributed by atoms with Gasteiger partial charge in [-0.15, -0.1) is 6.58 Å². The van der Waals surface area contributed by atoms with Crippen LogP contribution < -0.4 is 14.2 Å². The second-order valence-corrected chi connectivity index (χ2v) is 9.47. The van der Waals surface area contributed by atoms with Crippen LogP contribution in [0.1, 0.15) is 44.2 Å². The van der Waals surface area contributed by atoms with Crippen LogP contribution in [0.2, 0.25) is 0 Å². The van der Waals surface area contributed by atoms with Crippen LogP contribution in [-0.4, -0.2) is 41.5 Å². The number of hydrogen-bond acceptors (Lipinski definition) is 6. The fourth-order valence-electron chi connectivity index (χ4n) is 3.38. The Morgan fingerprint density at radius 3 is 2.47 bits per heavy atom. The molecule has 1 fully saturated rings. The monoisotopic (exact) mass is 497 g/mol. The maximum absolute atomic E-state index is 12.6. The summed E-state index contributed by atoms with van der Waals surface area (Å²) in [7, 11) is 0. The summed E-state index contributed by atoms with van der Waals surface area (Å²) in [5.74, 6) is 2.51. The van der Waals surface area contributed by atoms with Gasteiger partial charge in [0, 0.05) is 6.54 Å². The molecular formula is C27H31NO4S2. The van der Waals surface area contributed by atoms with Gasteiger partial charge in [0.15, 0.2) is 11.5 Å². The zero-order valence-electron chi connectivity index (χ0n) is 19.9. The normalized spacial score (nSPS) is 15.5. The van der Waals surface area contributed by atoms with Crippen molar-refractivity contribution in [1.82, 2.24) is 4.90 Å². The lowest BCUT2D eigenvalue weighted by molar-refractivity contribution is -0.121. The predicted molar refractivity (Wildman–Crippen MR) is 144 cm³/mol. The van der Waals surface area contributed by atoms with Crippen LogP contribution in [0.5, 0.6) is 17.2 Å². The lowest BCUT2D eigenvalue weighted by atomic mass is 9.99. The Labute approximate surface area is 211 Å².